The first kappa shape index (κ1) is 37.0. The van der Waals surface area contributed by atoms with Crippen molar-refractivity contribution >= 4 is 82.3 Å². The van der Waals surface area contributed by atoms with Crippen LogP contribution >= 0.6 is 0 Å². The standard InChI is InChI=1S/C59H49BN2Si2/c1-34-20-24-36(25-21-34)52-42-16-13-19-49-56(42)61(54(52)37-26-22-35(2)23-27-37)51-29-28-47-58-53(51)60(49)50-33-39(64(6,7)8)31-44-43-30-38(63(3,4)5)32-48(55(43)62(58)57(44)50)59(47)45-17-11-9-14-40(45)41-15-10-12-18-46(41)59/h9-33H,1-8H3. The minimum absolute atomic E-state index is 0.0605. The molecule has 0 amide bonds. The molecule has 0 bridgehead atoms. The molecule has 1 aliphatic carbocycles. The highest BCUT2D eigenvalue weighted by Crippen LogP contribution is 2.61. The Bertz CT molecular complexity index is 3710. The third kappa shape index (κ3) is 4.38. The first-order chi connectivity index (χ1) is 30.9. The Morgan fingerprint density at radius 1 is 0.453 bits per heavy atom. The minimum Gasteiger partial charge on any atom is -0.310 e. The number of rotatable bonds is 4. The van der Waals surface area contributed by atoms with Crippen molar-refractivity contribution in [3.05, 3.63) is 185 Å². The second kappa shape index (κ2) is 12.0. The Labute approximate surface area is 378 Å². The summed E-state index contributed by atoms with van der Waals surface area (Å²) in [6, 6.07) is 60.2. The molecule has 2 aromatic heterocycles. The van der Waals surface area contributed by atoms with Crippen LogP contribution in [-0.4, -0.2) is 32.0 Å². The SMILES string of the molecule is Cc1ccc(-c2c(-c3ccc(C)cc3)n3c4c(cccc24)B2c4c-3ccc3c4-n4c5c2cc([Si](C)(C)C)cc5c2cc([Si](C)(C)C)cc(c24)C32c3ccccc3-c3ccccc32)cc1. The number of benzene rings is 8. The van der Waals surface area contributed by atoms with Gasteiger partial charge in [0.15, 0.2) is 0 Å². The van der Waals surface area contributed by atoms with E-state index in [1.807, 2.05) is 0 Å². The molecule has 0 N–H and O–H groups in total. The predicted molar refractivity (Wildman–Crippen MR) is 279 cm³/mol. The number of hydrogen-bond acceptors (Lipinski definition) is 0. The lowest BCUT2D eigenvalue weighted by Gasteiger charge is -2.44. The van der Waals surface area contributed by atoms with Gasteiger partial charge < -0.3 is 9.13 Å². The summed E-state index contributed by atoms with van der Waals surface area (Å²) < 4.78 is 5.48. The van der Waals surface area contributed by atoms with E-state index in [0.29, 0.717) is 0 Å². The van der Waals surface area contributed by atoms with Crippen molar-refractivity contribution in [1.82, 2.24) is 9.13 Å². The van der Waals surface area contributed by atoms with Crippen LogP contribution in [0, 0.1) is 13.8 Å². The van der Waals surface area contributed by atoms with Crippen LogP contribution in [0.4, 0.5) is 0 Å². The maximum atomic E-state index is 2.79. The summed E-state index contributed by atoms with van der Waals surface area (Å²) >= 11 is 0. The van der Waals surface area contributed by atoms with Crippen LogP contribution in [0.2, 0.25) is 39.3 Å². The normalized spacial score (nSPS) is 14.7. The maximum Gasteiger partial charge on any atom is 0.252 e. The Balaban J connectivity index is 1.25. The van der Waals surface area contributed by atoms with Gasteiger partial charge in [-0.1, -0.05) is 206 Å². The molecule has 0 radical (unpaired) electrons. The fourth-order valence-electron chi connectivity index (χ4n) is 12.8. The van der Waals surface area contributed by atoms with Gasteiger partial charge in [0.1, 0.15) is 0 Å². The number of aryl methyl sites for hydroxylation is 2. The van der Waals surface area contributed by atoms with E-state index in [9.17, 15) is 0 Å². The molecular weight excluding hydrogens is 804 g/mol. The molecule has 4 aliphatic rings. The first-order valence-corrected chi connectivity index (χ1v) is 30.2. The van der Waals surface area contributed by atoms with Crippen molar-refractivity contribution in [2.45, 2.75) is 58.5 Å². The molecule has 14 rings (SSSR count). The molecular formula is C59H49BN2Si2. The van der Waals surface area contributed by atoms with Gasteiger partial charge in [0.2, 0.25) is 0 Å². The average molecular weight is 853 g/mol. The van der Waals surface area contributed by atoms with E-state index in [1.165, 1.54) is 138 Å². The van der Waals surface area contributed by atoms with Gasteiger partial charge in [0, 0.05) is 44.1 Å². The van der Waals surface area contributed by atoms with Crippen molar-refractivity contribution < 1.29 is 0 Å². The molecule has 2 nitrogen and oxygen atoms in total. The van der Waals surface area contributed by atoms with Crippen molar-refractivity contribution in [3.63, 3.8) is 0 Å². The summed E-state index contributed by atoms with van der Waals surface area (Å²) in [6.45, 7) is 19.7. The van der Waals surface area contributed by atoms with Crippen LogP contribution in [0.15, 0.2) is 152 Å². The number of nitrogens with zero attached hydrogens (tertiary/aromatic N) is 2. The zero-order chi connectivity index (χ0) is 43.3. The summed E-state index contributed by atoms with van der Waals surface area (Å²) in [7, 11) is -3.62. The summed E-state index contributed by atoms with van der Waals surface area (Å²) in [4.78, 5) is 0. The average Bonchev–Trinajstić information content (AvgIpc) is 3.91. The lowest BCUT2D eigenvalue weighted by Crippen LogP contribution is -2.61. The summed E-state index contributed by atoms with van der Waals surface area (Å²) in [5.41, 5.74) is 26.7. The highest BCUT2D eigenvalue weighted by atomic mass is 28.3. The lowest BCUT2D eigenvalue weighted by atomic mass is 9.33. The van der Waals surface area contributed by atoms with Crippen LogP contribution in [0.25, 0.3) is 77.6 Å². The van der Waals surface area contributed by atoms with Gasteiger partial charge in [-0.15, -0.1) is 0 Å². The molecule has 5 heterocycles. The Kier molecular flexibility index (Phi) is 6.96. The van der Waals surface area contributed by atoms with Crippen molar-refractivity contribution in [3.8, 4) is 44.9 Å². The zero-order valence-corrected chi connectivity index (χ0v) is 39.9. The molecule has 0 fully saturated rings. The fourth-order valence-corrected chi connectivity index (χ4v) is 15.1. The van der Waals surface area contributed by atoms with Gasteiger partial charge in [-0.05, 0) is 80.8 Å². The lowest BCUT2D eigenvalue weighted by molar-refractivity contribution is 0.750. The van der Waals surface area contributed by atoms with Crippen molar-refractivity contribution in [1.29, 1.82) is 0 Å². The monoisotopic (exact) mass is 852 g/mol. The van der Waals surface area contributed by atoms with Crippen LogP contribution in [0.5, 0.6) is 0 Å². The molecule has 0 saturated carbocycles. The summed E-state index contributed by atoms with van der Waals surface area (Å²) in [5, 5.41) is 7.24. The topological polar surface area (TPSA) is 9.86 Å². The number of hydrogen-bond donors (Lipinski definition) is 0. The molecule has 0 saturated heterocycles. The quantitative estimate of drug-likeness (QED) is 0.156. The van der Waals surface area contributed by atoms with E-state index in [-0.39, 0.29) is 6.71 Å². The Hall–Kier alpha value is -6.40. The highest BCUT2D eigenvalue weighted by molar-refractivity contribution is 7.01. The summed E-state index contributed by atoms with van der Waals surface area (Å²) in [5.74, 6) is 0. The predicted octanol–water partition coefficient (Wildman–Crippen LogP) is 11.6. The van der Waals surface area contributed by atoms with E-state index in [4.69, 9.17) is 0 Å². The molecule has 5 heteroatoms. The molecule has 306 valence electrons. The van der Waals surface area contributed by atoms with Crippen LogP contribution in [0.1, 0.15) is 33.4 Å². The largest absolute Gasteiger partial charge is 0.310 e. The third-order valence-corrected chi connectivity index (χ3v) is 19.8. The van der Waals surface area contributed by atoms with E-state index < -0.39 is 21.6 Å². The molecule has 64 heavy (non-hydrogen) atoms. The second-order valence-corrected chi connectivity index (χ2v) is 31.6. The number of fused-ring (bicyclic) bond motifs is 11. The van der Waals surface area contributed by atoms with E-state index >= 15 is 0 Å². The van der Waals surface area contributed by atoms with E-state index in [0.717, 1.165) is 0 Å². The van der Waals surface area contributed by atoms with Crippen molar-refractivity contribution in [2.24, 2.45) is 0 Å². The van der Waals surface area contributed by atoms with E-state index in [2.05, 4.69) is 214 Å². The summed E-state index contributed by atoms with van der Waals surface area (Å²) in [6.07, 6.45) is 0. The minimum atomic E-state index is -1.81. The third-order valence-electron chi connectivity index (χ3n) is 15.7. The first-order valence-electron chi connectivity index (χ1n) is 23.2. The smallest absolute Gasteiger partial charge is 0.252 e. The molecule has 1 spiro atoms. The maximum absolute atomic E-state index is 2.79. The number of aromatic nitrogens is 2. The molecule has 0 unspecified atom stereocenters. The van der Waals surface area contributed by atoms with Gasteiger partial charge in [0.25, 0.3) is 6.71 Å². The fraction of sp³-hybridized carbons (Fsp3) is 0.153. The molecule has 8 aromatic carbocycles. The van der Waals surface area contributed by atoms with Crippen LogP contribution in [-0.2, 0) is 5.41 Å². The van der Waals surface area contributed by atoms with Gasteiger partial charge in [-0.3, -0.25) is 0 Å². The van der Waals surface area contributed by atoms with Gasteiger partial charge in [-0.2, -0.15) is 0 Å². The van der Waals surface area contributed by atoms with Gasteiger partial charge >= 0.3 is 0 Å². The molecule has 0 atom stereocenters. The van der Waals surface area contributed by atoms with Crippen LogP contribution < -0.4 is 26.8 Å². The molecule has 10 aromatic rings. The Morgan fingerprint density at radius 3 is 1.67 bits per heavy atom. The Morgan fingerprint density at radius 2 is 1.03 bits per heavy atom. The highest BCUT2D eigenvalue weighted by Gasteiger charge is 2.54. The zero-order valence-electron chi connectivity index (χ0n) is 37.9. The van der Waals surface area contributed by atoms with E-state index in [1.54, 1.807) is 0 Å². The van der Waals surface area contributed by atoms with Gasteiger partial charge in [-0.25, -0.2) is 0 Å². The van der Waals surface area contributed by atoms with Crippen molar-refractivity contribution in [2.75, 3.05) is 0 Å². The van der Waals surface area contributed by atoms with Gasteiger partial charge in [0.05, 0.1) is 32.8 Å². The molecule has 3 aliphatic heterocycles. The number of para-hydroxylation sites is 1. The van der Waals surface area contributed by atoms with Crippen LogP contribution in [0.3, 0.4) is 0 Å². The second-order valence-electron chi connectivity index (χ2n) is 21.4.